The molecule has 4 rings (SSSR count). The molecule has 1 aromatic heterocycles. The molecule has 1 N–H and O–H groups in total. The van der Waals surface area contributed by atoms with E-state index < -0.39 is 18.6 Å². The van der Waals surface area contributed by atoms with Gasteiger partial charge >= 0.3 is 12.6 Å². The first-order valence-corrected chi connectivity index (χ1v) is 13.2. The van der Waals surface area contributed by atoms with Gasteiger partial charge in [0, 0.05) is 19.4 Å². The Morgan fingerprint density at radius 2 is 1.90 bits per heavy atom. The van der Waals surface area contributed by atoms with Gasteiger partial charge in [0.2, 0.25) is 11.8 Å². The average molecular weight is 546 g/mol. The van der Waals surface area contributed by atoms with Crippen LogP contribution in [0.3, 0.4) is 0 Å². The van der Waals surface area contributed by atoms with Crippen LogP contribution >= 0.6 is 0 Å². The third kappa shape index (κ3) is 7.21. The second kappa shape index (κ2) is 12.9. The zero-order valence-corrected chi connectivity index (χ0v) is 22.0. The first-order valence-electron chi connectivity index (χ1n) is 13.2. The quantitative estimate of drug-likeness (QED) is 0.446. The summed E-state index contributed by atoms with van der Waals surface area (Å²) in [5.41, 5.74) is 1.39. The molecular weight excluding hydrogens is 512 g/mol. The molecule has 1 aliphatic carbocycles. The SMILES string of the molecule is CCOC(=O)c1cccc(CNC(=O)[C@H]2CC(c3ccc(OC(F)F)c(OC4CCCC4)c3)CN2C(C)=O)n1. The van der Waals surface area contributed by atoms with Gasteiger partial charge in [-0.25, -0.2) is 9.78 Å². The summed E-state index contributed by atoms with van der Waals surface area (Å²) in [5, 5.41) is 2.81. The second-order valence-electron chi connectivity index (χ2n) is 9.68. The molecule has 0 radical (unpaired) electrons. The molecule has 11 heteroatoms. The van der Waals surface area contributed by atoms with E-state index in [0.29, 0.717) is 18.7 Å². The molecule has 210 valence electrons. The van der Waals surface area contributed by atoms with Gasteiger partial charge in [0.15, 0.2) is 11.5 Å². The second-order valence-corrected chi connectivity index (χ2v) is 9.68. The van der Waals surface area contributed by atoms with Gasteiger partial charge in [-0.15, -0.1) is 0 Å². The predicted octanol–water partition coefficient (Wildman–Crippen LogP) is 4.20. The molecule has 2 aliphatic rings. The van der Waals surface area contributed by atoms with E-state index in [9.17, 15) is 23.2 Å². The number of likely N-dealkylation sites (tertiary alicyclic amines) is 1. The largest absolute Gasteiger partial charge is 0.487 e. The van der Waals surface area contributed by atoms with Crippen molar-refractivity contribution in [3.05, 3.63) is 53.3 Å². The number of hydrogen-bond acceptors (Lipinski definition) is 7. The van der Waals surface area contributed by atoms with E-state index in [0.717, 1.165) is 31.2 Å². The minimum Gasteiger partial charge on any atom is -0.487 e. The lowest BCUT2D eigenvalue weighted by molar-refractivity contribution is -0.136. The minimum absolute atomic E-state index is 0.0334. The number of nitrogens with zero attached hydrogens (tertiary/aromatic N) is 2. The Morgan fingerprint density at radius 1 is 1.13 bits per heavy atom. The van der Waals surface area contributed by atoms with E-state index in [1.54, 1.807) is 31.2 Å². The molecule has 0 spiro atoms. The molecule has 39 heavy (non-hydrogen) atoms. The molecule has 2 fully saturated rings. The summed E-state index contributed by atoms with van der Waals surface area (Å²) < 4.78 is 41.7. The van der Waals surface area contributed by atoms with E-state index in [-0.39, 0.29) is 54.2 Å². The number of carbonyl (C=O) groups is 3. The zero-order valence-electron chi connectivity index (χ0n) is 22.0. The van der Waals surface area contributed by atoms with Crippen LogP contribution in [0.1, 0.15) is 73.6 Å². The molecule has 1 saturated carbocycles. The van der Waals surface area contributed by atoms with E-state index >= 15 is 0 Å². The number of ether oxygens (including phenoxy) is 3. The van der Waals surface area contributed by atoms with E-state index in [2.05, 4.69) is 15.0 Å². The van der Waals surface area contributed by atoms with Crippen molar-refractivity contribution < 1.29 is 37.4 Å². The van der Waals surface area contributed by atoms with Crippen LogP contribution in [0.5, 0.6) is 11.5 Å². The minimum atomic E-state index is -2.98. The number of halogens is 2. The first kappa shape index (κ1) is 28.3. The van der Waals surface area contributed by atoms with Gasteiger partial charge < -0.3 is 24.4 Å². The Hall–Kier alpha value is -3.76. The molecule has 1 aliphatic heterocycles. The Morgan fingerprint density at radius 3 is 2.59 bits per heavy atom. The third-order valence-corrected chi connectivity index (χ3v) is 6.99. The molecule has 2 heterocycles. The molecule has 1 aromatic carbocycles. The van der Waals surface area contributed by atoms with Gasteiger partial charge in [-0.2, -0.15) is 8.78 Å². The Kier molecular flexibility index (Phi) is 9.32. The Bertz CT molecular complexity index is 1190. The number of rotatable bonds is 10. The topological polar surface area (TPSA) is 107 Å². The van der Waals surface area contributed by atoms with Gasteiger partial charge in [-0.05, 0) is 68.9 Å². The van der Waals surface area contributed by atoms with Gasteiger partial charge in [0.25, 0.3) is 0 Å². The maximum atomic E-state index is 13.2. The summed E-state index contributed by atoms with van der Waals surface area (Å²) in [7, 11) is 0. The average Bonchev–Trinajstić information content (AvgIpc) is 3.59. The molecule has 2 atom stereocenters. The molecule has 0 bridgehead atoms. The number of pyridine rings is 1. The van der Waals surface area contributed by atoms with Crippen molar-refractivity contribution >= 4 is 17.8 Å². The van der Waals surface area contributed by atoms with E-state index in [4.69, 9.17) is 9.47 Å². The number of aromatic nitrogens is 1. The molecule has 1 unspecified atom stereocenters. The standard InChI is InChI=1S/C28H33F2N3O6/c1-3-37-27(36)22-10-6-7-20(32-22)15-31-26(35)23-13-19(16-33(23)17(2)34)18-11-12-24(39-28(29)30)25(14-18)38-21-8-4-5-9-21/h6-7,10-12,14,19,21,23,28H,3-5,8-9,13,15-16H2,1-2H3,(H,31,35)/t19?,23-/m1/s1. The van der Waals surface area contributed by atoms with Crippen LogP contribution in [0.15, 0.2) is 36.4 Å². The highest BCUT2D eigenvalue weighted by atomic mass is 19.3. The highest BCUT2D eigenvalue weighted by Crippen LogP contribution is 2.39. The summed E-state index contributed by atoms with van der Waals surface area (Å²) in [5.74, 6) is -1.14. The van der Waals surface area contributed by atoms with E-state index in [1.165, 1.54) is 24.0 Å². The predicted molar refractivity (Wildman–Crippen MR) is 137 cm³/mol. The normalized spacial score (nSPS) is 19.3. The van der Waals surface area contributed by atoms with Crippen molar-refractivity contribution in [2.45, 2.75) is 77.2 Å². The lowest BCUT2D eigenvalue weighted by Gasteiger charge is -2.22. The van der Waals surface area contributed by atoms with Gasteiger partial charge in [0.1, 0.15) is 11.7 Å². The lowest BCUT2D eigenvalue weighted by Crippen LogP contribution is -2.45. The van der Waals surface area contributed by atoms with Crippen molar-refractivity contribution in [3.8, 4) is 11.5 Å². The maximum Gasteiger partial charge on any atom is 0.387 e. The fourth-order valence-electron chi connectivity index (χ4n) is 5.12. The van der Waals surface area contributed by atoms with Crippen molar-refractivity contribution in [2.24, 2.45) is 0 Å². The monoisotopic (exact) mass is 545 g/mol. The number of hydrogen-bond donors (Lipinski definition) is 1. The first-order chi connectivity index (χ1) is 18.7. The number of benzene rings is 1. The fourth-order valence-corrected chi connectivity index (χ4v) is 5.12. The van der Waals surface area contributed by atoms with Gasteiger partial charge in [-0.1, -0.05) is 12.1 Å². The van der Waals surface area contributed by atoms with Crippen LogP contribution in [-0.4, -0.2) is 59.6 Å². The van der Waals surface area contributed by atoms with Crippen molar-refractivity contribution in [3.63, 3.8) is 0 Å². The number of carbonyl (C=O) groups excluding carboxylic acids is 3. The lowest BCUT2D eigenvalue weighted by atomic mass is 9.95. The smallest absolute Gasteiger partial charge is 0.387 e. The summed E-state index contributed by atoms with van der Waals surface area (Å²) in [4.78, 5) is 43.3. The summed E-state index contributed by atoms with van der Waals surface area (Å²) in [6.45, 7) is 0.705. The highest BCUT2D eigenvalue weighted by molar-refractivity contribution is 5.88. The number of alkyl halides is 2. The Labute approximate surface area is 225 Å². The molecule has 1 saturated heterocycles. The van der Waals surface area contributed by atoms with Crippen molar-refractivity contribution in [1.29, 1.82) is 0 Å². The number of nitrogens with one attached hydrogen (secondary N) is 1. The van der Waals surface area contributed by atoms with Crippen molar-refractivity contribution in [1.82, 2.24) is 15.2 Å². The summed E-state index contributed by atoms with van der Waals surface area (Å²) >= 11 is 0. The maximum absolute atomic E-state index is 13.2. The molecule has 2 amide bonds. The van der Waals surface area contributed by atoms with Crippen LogP contribution in [0.25, 0.3) is 0 Å². The third-order valence-electron chi connectivity index (χ3n) is 6.99. The van der Waals surface area contributed by atoms with Crippen LogP contribution in [0, 0.1) is 0 Å². The van der Waals surface area contributed by atoms with Crippen LogP contribution in [0.2, 0.25) is 0 Å². The van der Waals surface area contributed by atoms with Crippen LogP contribution in [0.4, 0.5) is 8.78 Å². The number of amides is 2. The molecule has 9 nitrogen and oxygen atoms in total. The van der Waals surface area contributed by atoms with Gasteiger partial charge in [0.05, 0.1) is 24.9 Å². The van der Waals surface area contributed by atoms with Crippen molar-refractivity contribution in [2.75, 3.05) is 13.2 Å². The molecular formula is C28H33F2N3O6. The van der Waals surface area contributed by atoms with Gasteiger partial charge in [-0.3, -0.25) is 9.59 Å². The summed E-state index contributed by atoms with van der Waals surface area (Å²) in [6, 6.07) is 8.96. The zero-order chi connectivity index (χ0) is 27.9. The van der Waals surface area contributed by atoms with Crippen LogP contribution in [-0.2, 0) is 20.9 Å². The fraction of sp³-hybridized carbons (Fsp3) is 0.500. The molecule has 2 aromatic rings. The Balaban J connectivity index is 1.46. The highest BCUT2D eigenvalue weighted by Gasteiger charge is 2.39. The van der Waals surface area contributed by atoms with E-state index in [1.807, 2.05) is 0 Å². The summed E-state index contributed by atoms with van der Waals surface area (Å²) in [6.07, 6.45) is 4.02. The number of esters is 1. The van der Waals surface area contributed by atoms with Crippen LogP contribution < -0.4 is 14.8 Å².